The van der Waals surface area contributed by atoms with Crippen molar-refractivity contribution in [3.05, 3.63) is 164 Å². The molecular formula is C62H72. The van der Waals surface area contributed by atoms with Crippen LogP contribution in [0.1, 0.15) is 191 Å². The Morgan fingerprint density at radius 1 is 0.306 bits per heavy atom. The topological polar surface area (TPSA) is 0 Å². The van der Waals surface area contributed by atoms with E-state index in [2.05, 4.69) is 222 Å². The van der Waals surface area contributed by atoms with Gasteiger partial charge in [0.25, 0.3) is 0 Å². The molecule has 3 aliphatic rings. The smallest absolute Gasteiger partial charge is 0.0159 e. The van der Waals surface area contributed by atoms with E-state index in [1.807, 2.05) is 0 Å². The SMILES string of the molecule is CC(C)(C)c1ccc2c(c1)C(C)(C)c1cc(C(C)(C)C)cc(-c3ccc4c(c3)Cc3cc(-c5cc(C(C)(C)C)cc6c5-c5ccc(C(C)(C)C)cc5C6(C)C)ccc3C4(C)C)c1-2. The zero-order valence-corrected chi connectivity index (χ0v) is 41.4. The lowest BCUT2D eigenvalue weighted by Gasteiger charge is -2.36. The zero-order chi connectivity index (χ0) is 45.1. The van der Waals surface area contributed by atoms with Crippen LogP contribution in [0.5, 0.6) is 0 Å². The zero-order valence-electron chi connectivity index (χ0n) is 41.4. The van der Waals surface area contributed by atoms with E-state index in [0.29, 0.717) is 0 Å². The molecule has 0 aromatic heterocycles. The van der Waals surface area contributed by atoms with Crippen LogP contribution in [-0.2, 0) is 44.3 Å². The van der Waals surface area contributed by atoms with Crippen LogP contribution in [0, 0.1) is 0 Å². The van der Waals surface area contributed by atoms with Crippen molar-refractivity contribution in [3.63, 3.8) is 0 Å². The van der Waals surface area contributed by atoms with Crippen LogP contribution in [0.25, 0.3) is 44.5 Å². The fourth-order valence-electron chi connectivity index (χ4n) is 11.3. The van der Waals surface area contributed by atoms with Gasteiger partial charge in [-0.3, -0.25) is 0 Å². The molecular weight excluding hydrogens is 745 g/mol. The first-order valence-electron chi connectivity index (χ1n) is 23.5. The highest BCUT2D eigenvalue weighted by Crippen LogP contribution is 2.57. The monoisotopic (exact) mass is 817 g/mol. The Morgan fingerprint density at radius 2 is 0.629 bits per heavy atom. The number of hydrogen-bond acceptors (Lipinski definition) is 0. The Morgan fingerprint density at radius 3 is 0.968 bits per heavy atom. The summed E-state index contributed by atoms with van der Waals surface area (Å²) in [5, 5.41) is 0. The molecule has 0 bridgehead atoms. The molecule has 320 valence electrons. The first kappa shape index (κ1) is 42.6. The molecule has 0 nitrogen and oxygen atoms in total. The molecule has 6 aromatic carbocycles. The molecule has 6 aromatic rings. The van der Waals surface area contributed by atoms with E-state index in [1.54, 1.807) is 0 Å². The van der Waals surface area contributed by atoms with E-state index in [9.17, 15) is 0 Å². The van der Waals surface area contributed by atoms with Gasteiger partial charge in [0.2, 0.25) is 0 Å². The second-order valence-electron chi connectivity index (χ2n) is 25.2. The Kier molecular flexibility index (Phi) is 9.06. The van der Waals surface area contributed by atoms with Crippen molar-refractivity contribution in [2.24, 2.45) is 0 Å². The predicted molar refractivity (Wildman–Crippen MR) is 269 cm³/mol. The molecule has 0 heteroatoms. The van der Waals surface area contributed by atoms with Gasteiger partial charge in [0.05, 0.1) is 0 Å². The molecule has 0 amide bonds. The maximum absolute atomic E-state index is 2.56. The normalized spacial score (nSPS) is 16.9. The van der Waals surface area contributed by atoms with Crippen LogP contribution in [0.15, 0.2) is 97.1 Å². The molecule has 9 rings (SSSR count). The van der Waals surface area contributed by atoms with Gasteiger partial charge in [0.15, 0.2) is 0 Å². The second kappa shape index (κ2) is 13.2. The van der Waals surface area contributed by atoms with Gasteiger partial charge < -0.3 is 0 Å². The third kappa shape index (κ3) is 6.43. The maximum Gasteiger partial charge on any atom is 0.0159 e. The number of hydrogen-bond donors (Lipinski definition) is 0. The van der Waals surface area contributed by atoms with Crippen LogP contribution in [-0.4, -0.2) is 0 Å². The highest BCUT2D eigenvalue weighted by Gasteiger charge is 2.42. The summed E-state index contributed by atoms with van der Waals surface area (Å²) < 4.78 is 0. The van der Waals surface area contributed by atoms with E-state index in [0.717, 1.165) is 6.42 Å². The van der Waals surface area contributed by atoms with Crippen molar-refractivity contribution in [2.45, 2.75) is 169 Å². The molecule has 0 heterocycles. The number of rotatable bonds is 2. The fraction of sp³-hybridized carbons (Fsp3) is 0.419. The summed E-state index contributed by atoms with van der Waals surface area (Å²) in [5.74, 6) is 0. The van der Waals surface area contributed by atoms with Gasteiger partial charge in [-0.05, 0) is 151 Å². The first-order valence-corrected chi connectivity index (χ1v) is 23.5. The highest BCUT2D eigenvalue weighted by atomic mass is 14.4. The van der Waals surface area contributed by atoms with Crippen LogP contribution >= 0.6 is 0 Å². The van der Waals surface area contributed by atoms with Gasteiger partial charge in [0, 0.05) is 16.2 Å². The fourth-order valence-corrected chi connectivity index (χ4v) is 11.3. The first-order chi connectivity index (χ1) is 28.5. The van der Waals surface area contributed by atoms with E-state index in [4.69, 9.17) is 0 Å². The van der Waals surface area contributed by atoms with E-state index in [1.165, 1.54) is 111 Å². The van der Waals surface area contributed by atoms with E-state index >= 15 is 0 Å². The van der Waals surface area contributed by atoms with Gasteiger partial charge in [-0.25, -0.2) is 0 Å². The van der Waals surface area contributed by atoms with Gasteiger partial charge in [-0.1, -0.05) is 210 Å². The lowest BCUT2D eigenvalue weighted by molar-refractivity contribution is 0.579. The summed E-state index contributed by atoms with van der Waals surface area (Å²) in [6, 6.07) is 39.7. The summed E-state index contributed by atoms with van der Waals surface area (Å²) in [6.45, 7) is 42.9. The minimum Gasteiger partial charge on any atom is -0.0579 e. The third-order valence-corrected chi connectivity index (χ3v) is 15.6. The minimum absolute atomic E-state index is 0.0197. The quantitative estimate of drug-likeness (QED) is 0.163. The van der Waals surface area contributed by atoms with Crippen LogP contribution < -0.4 is 0 Å². The standard InChI is InChI=1S/C62H72/c1-56(2,3)40-21-23-44-50(32-40)61(15,16)52-34-42(58(7,8)9)30-46(54(44)52)36-19-25-48-38(27-36)29-39-28-37(20-26-49(39)60(48,13)14)47-31-43(59(10,11)12)35-53-55(47)45-24-22-41(57(4,5)6)33-51(45)62(53,17)18/h19-28,30-35H,29H2,1-18H3. The Balaban J connectivity index is 1.21. The molecule has 0 N–H and O–H groups in total. The van der Waals surface area contributed by atoms with Crippen molar-refractivity contribution in [2.75, 3.05) is 0 Å². The van der Waals surface area contributed by atoms with Gasteiger partial charge in [0.1, 0.15) is 0 Å². The maximum atomic E-state index is 2.56. The number of fused-ring (bicyclic) bond motifs is 8. The molecule has 0 aliphatic heterocycles. The van der Waals surface area contributed by atoms with Gasteiger partial charge >= 0.3 is 0 Å². The van der Waals surface area contributed by atoms with Crippen molar-refractivity contribution in [3.8, 4) is 44.5 Å². The van der Waals surface area contributed by atoms with E-state index < -0.39 is 0 Å². The lowest BCUT2D eigenvalue weighted by Crippen LogP contribution is -2.27. The van der Waals surface area contributed by atoms with Crippen LogP contribution in [0.3, 0.4) is 0 Å². The summed E-state index contributed by atoms with van der Waals surface area (Å²) >= 11 is 0. The van der Waals surface area contributed by atoms with Gasteiger partial charge in [-0.2, -0.15) is 0 Å². The summed E-state index contributed by atoms with van der Waals surface area (Å²) in [4.78, 5) is 0. The average molecular weight is 817 g/mol. The molecule has 62 heavy (non-hydrogen) atoms. The number of benzene rings is 6. The van der Waals surface area contributed by atoms with Gasteiger partial charge in [-0.15, -0.1) is 0 Å². The Hall–Kier alpha value is -4.68. The molecule has 3 aliphatic carbocycles. The van der Waals surface area contributed by atoms with E-state index in [-0.39, 0.29) is 37.9 Å². The van der Waals surface area contributed by atoms with Crippen molar-refractivity contribution < 1.29 is 0 Å². The lowest BCUT2D eigenvalue weighted by atomic mass is 9.68. The van der Waals surface area contributed by atoms with Crippen molar-refractivity contribution in [1.82, 2.24) is 0 Å². The van der Waals surface area contributed by atoms with Crippen molar-refractivity contribution in [1.29, 1.82) is 0 Å². The average Bonchev–Trinajstić information content (AvgIpc) is 3.54. The summed E-state index contributed by atoms with van der Waals surface area (Å²) in [7, 11) is 0. The largest absolute Gasteiger partial charge is 0.0579 e. The minimum atomic E-state index is -0.125. The second-order valence-corrected chi connectivity index (χ2v) is 25.2. The summed E-state index contributed by atoms with van der Waals surface area (Å²) in [5.41, 5.74) is 28.1. The highest BCUT2D eigenvalue weighted by molar-refractivity contribution is 5.95. The predicted octanol–water partition coefficient (Wildman–Crippen LogP) is 17.1. The Bertz CT molecular complexity index is 2660. The van der Waals surface area contributed by atoms with Crippen molar-refractivity contribution >= 4 is 0 Å². The Labute approximate surface area is 375 Å². The molecule has 0 saturated heterocycles. The van der Waals surface area contributed by atoms with Crippen LogP contribution in [0.2, 0.25) is 0 Å². The molecule has 0 radical (unpaired) electrons. The molecule has 0 saturated carbocycles. The molecule has 0 unspecified atom stereocenters. The molecule has 0 fully saturated rings. The molecule has 0 spiro atoms. The summed E-state index contributed by atoms with van der Waals surface area (Å²) in [6.07, 6.45) is 0.923. The third-order valence-electron chi connectivity index (χ3n) is 15.6. The molecule has 0 atom stereocenters. The van der Waals surface area contributed by atoms with Crippen LogP contribution in [0.4, 0.5) is 0 Å².